The highest BCUT2D eigenvalue weighted by Gasteiger charge is 2.40. The Morgan fingerprint density at radius 2 is 2.05 bits per heavy atom. The maximum atomic E-state index is 12.1. The second-order valence-corrected chi connectivity index (χ2v) is 7.19. The summed E-state index contributed by atoms with van der Waals surface area (Å²) in [5.41, 5.74) is -0.259. The molecule has 2 heterocycles. The summed E-state index contributed by atoms with van der Waals surface area (Å²) in [5, 5.41) is 2.81. The lowest BCUT2D eigenvalue weighted by atomic mass is 10.1. The summed E-state index contributed by atoms with van der Waals surface area (Å²) < 4.78 is 0. The first-order valence-electron chi connectivity index (χ1n) is 6.56. The zero-order valence-electron chi connectivity index (χ0n) is 11.6. The Labute approximate surface area is 117 Å². The number of carbonyl (C=O) groups excluding carboxylic acids is 3. The molecule has 6 heteroatoms. The molecule has 2 amide bonds. The fourth-order valence-electron chi connectivity index (χ4n) is 2.45. The number of nitrogens with zero attached hydrogens (tertiary/aromatic N) is 1. The summed E-state index contributed by atoms with van der Waals surface area (Å²) in [4.78, 5) is 37.2. The molecule has 1 N–H and O–H groups in total. The molecule has 0 aliphatic carbocycles. The van der Waals surface area contributed by atoms with Crippen molar-refractivity contribution in [2.75, 3.05) is 12.3 Å². The van der Waals surface area contributed by atoms with Crippen LogP contribution in [0.25, 0.3) is 0 Å². The largest absolute Gasteiger partial charge is 0.345 e. The number of rotatable bonds is 2. The molecule has 2 aliphatic heterocycles. The van der Waals surface area contributed by atoms with Gasteiger partial charge < -0.3 is 10.2 Å². The summed E-state index contributed by atoms with van der Waals surface area (Å²) >= 11 is 1.26. The topological polar surface area (TPSA) is 66.5 Å². The number of hydrogen-bond acceptors (Lipinski definition) is 4. The zero-order valence-corrected chi connectivity index (χ0v) is 12.4. The van der Waals surface area contributed by atoms with E-state index in [4.69, 9.17) is 0 Å². The smallest absolute Gasteiger partial charge is 0.226 e. The molecule has 0 spiro atoms. The van der Waals surface area contributed by atoms with Crippen LogP contribution in [-0.4, -0.2) is 45.7 Å². The summed E-state index contributed by atoms with van der Waals surface area (Å²) in [5.74, 6) is 0.285. The van der Waals surface area contributed by atoms with E-state index >= 15 is 0 Å². The first kappa shape index (κ1) is 14.4. The molecule has 0 saturated carbocycles. The first-order valence-corrected chi connectivity index (χ1v) is 7.55. The lowest BCUT2D eigenvalue weighted by molar-refractivity contribution is -0.132. The van der Waals surface area contributed by atoms with E-state index < -0.39 is 0 Å². The van der Waals surface area contributed by atoms with Crippen LogP contribution in [0.2, 0.25) is 0 Å². The number of nitrogens with one attached hydrogen (secondary N) is 1. The Kier molecular flexibility index (Phi) is 3.90. The molecule has 0 aromatic carbocycles. The van der Waals surface area contributed by atoms with Crippen LogP contribution in [0.3, 0.4) is 0 Å². The van der Waals surface area contributed by atoms with E-state index in [-0.39, 0.29) is 40.8 Å². The van der Waals surface area contributed by atoms with Gasteiger partial charge >= 0.3 is 0 Å². The molecule has 2 saturated heterocycles. The molecule has 0 aromatic rings. The van der Waals surface area contributed by atoms with Crippen LogP contribution in [0.15, 0.2) is 0 Å². The molecule has 0 aromatic heterocycles. The van der Waals surface area contributed by atoms with Gasteiger partial charge in [-0.05, 0) is 27.2 Å². The molecule has 2 atom stereocenters. The summed E-state index contributed by atoms with van der Waals surface area (Å²) in [6, 6.07) is -0.365. The van der Waals surface area contributed by atoms with Crippen molar-refractivity contribution in [3.63, 3.8) is 0 Å². The van der Waals surface area contributed by atoms with E-state index in [1.54, 1.807) is 4.90 Å². The van der Waals surface area contributed by atoms with Crippen molar-refractivity contribution < 1.29 is 14.4 Å². The van der Waals surface area contributed by atoms with Crippen LogP contribution in [0, 0.1) is 5.92 Å². The molecule has 2 fully saturated rings. The second kappa shape index (κ2) is 5.15. The summed E-state index contributed by atoms with van der Waals surface area (Å²) in [7, 11) is 0. The monoisotopic (exact) mass is 284 g/mol. The van der Waals surface area contributed by atoms with Gasteiger partial charge in [-0.25, -0.2) is 0 Å². The Morgan fingerprint density at radius 3 is 2.53 bits per heavy atom. The van der Waals surface area contributed by atoms with Gasteiger partial charge in [-0.1, -0.05) is 11.8 Å². The molecule has 19 heavy (non-hydrogen) atoms. The van der Waals surface area contributed by atoms with Crippen LogP contribution in [0.1, 0.15) is 33.6 Å². The van der Waals surface area contributed by atoms with Crippen LogP contribution >= 0.6 is 11.8 Å². The predicted octanol–water partition coefficient (Wildman–Crippen LogP) is 0.782. The SMILES string of the molecule is CC(C)(C)N1C[C@H](C(=O)N[C@H]2CCSC2=O)CC1=O. The molecule has 2 rings (SSSR count). The van der Waals surface area contributed by atoms with E-state index in [1.807, 2.05) is 20.8 Å². The second-order valence-electron chi connectivity index (χ2n) is 6.09. The number of carbonyl (C=O) groups is 3. The van der Waals surface area contributed by atoms with Crippen LogP contribution in [0.4, 0.5) is 0 Å². The minimum Gasteiger partial charge on any atom is -0.345 e. The minimum absolute atomic E-state index is 0.0137. The van der Waals surface area contributed by atoms with Crippen LogP contribution in [0.5, 0.6) is 0 Å². The van der Waals surface area contributed by atoms with Gasteiger partial charge in [0.1, 0.15) is 0 Å². The molecule has 5 nitrogen and oxygen atoms in total. The normalized spacial score (nSPS) is 28.1. The standard InChI is InChI=1S/C13H20N2O3S/c1-13(2,3)15-7-8(6-10(15)16)11(17)14-9-4-5-19-12(9)18/h8-9H,4-7H2,1-3H3,(H,14,17)/t8-,9+/m1/s1. The van der Waals surface area contributed by atoms with Gasteiger partial charge in [-0.3, -0.25) is 14.4 Å². The Balaban J connectivity index is 1.95. The van der Waals surface area contributed by atoms with Gasteiger partial charge in [0.25, 0.3) is 0 Å². The van der Waals surface area contributed by atoms with Gasteiger partial charge in [-0.15, -0.1) is 0 Å². The number of thioether (sulfide) groups is 1. The molecule has 0 unspecified atom stereocenters. The highest BCUT2D eigenvalue weighted by atomic mass is 32.2. The van der Waals surface area contributed by atoms with Crippen LogP contribution < -0.4 is 5.32 Å². The average molecular weight is 284 g/mol. The summed E-state index contributed by atoms with van der Waals surface area (Å²) in [6.45, 7) is 6.33. The van der Waals surface area contributed by atoms with Gasteiger partial charge in [0.05, 0.1) is 12.0 Å². The third kappa shape index (κ3) is 3.11. The van der Waals surface area contributed by atoms with Gasteiger partial charge in [-0.2, -0.15) is 0 Å². The van der Waals surface area contributed by atoms with Crippen molar-refractivity contribution in [2.45, 2.75) is 45.2 Å². The fraction of sp³-hybridized carbons (Fsp3) is 0.769. The zero-order chi connectivity index (χ0) is 14.2. The molecular formula is C13H20N2O3S. The number of amides is 2. The molecular weight excluding hydrogens is 264 g/mol. The van der Waals surface area contributed by atoms with Crippen molar-refractivity contribution in [3.8, 4) is 0 Å². The number of likely N-dealkylation sites (tertiary alicyclic amines) is 1. The van der Waals surface area contributed by atoms with Gasteiger partial charge in [0.2, 0.25) is 16.9 Å². The number of hydrogen-bond donors (Lipinski definition) is 1. The van der Waals surface area contributed by atoms with E-state index in [0.717, 1.165) is 5.75 Å². The van der Waals surface area contributed by atoms with Crippen molar-refractivity contribution in [1.29, 1.82) is 0 Å². The quantitative estimate of drug-likeness (QED) is 0.814. The average Bonchev–Trinajstić information content (AvgIpc) is 2.85. The van der Waals surface area contributed by atoms with E-state index in [9.17, 15) is 14.4 Å². The molecule has 106 valence electrons. The maximum Gasteiger partial charge on any atom is 0.226 e. The van der Waals surface area contributed by atoms with Gasteiger partial charge in [0, 0.05) is 24.3 Å². The fourth-order valence-corrected chi connectivity index (χ4v) is 3.38. The molecule has 0 bridgehead atoms. The van der Waals surface area contributed by atoms with Crippen LogP contribution in [-0.2, 0) is 14.4 Å². The molecule has 0 radical (unpaired) electrons. The highest BCUT2D eigenvalue weighted by molar-refractivity contribution is 8.14. The van der Waals surface area contributed by atoms with Crippen molar-refractivity contribution in [2.24, 2.45) is 5.92 Å². The predicted molar refractivity (Wildman–Crippen MR) is 73.6 cm³/mol. The lowest BCUT2D eigenvalue weighted by Gasteiger charge is -2.32. The Bertz CT molecular complexity index is 417. The van der Waals surface area contributed by atoms with E-state index in [0.29, 0.717) is 13.0 Å². The Hall–Kier alpha value is -1.04. The lowest BCUT2D eigenvalue weighted by Crippen LogP contribution is -2.44. The molecule has 2 aliphatic rings. The minimum atomic E-state index is -0.365. The summed E-state index contributed by atoms with van der Waals surface area (Å²) in [6.07, 6.45) is 0.941. The first-order chi connectivity index (χ1) is 8.79. The van der Waals surface area contributed by atoms with Crippen molar-refractivity contribution in [1.82, 2.24) is 10.2 Å². The maximum absolute atomic E-state index is 12.1. The van der Waals surface area contributed by atoms with E-state index in [2.05, 4.69) is 5.32 Å². The Morgan fingerprint density at radius 1 is 1.37 bits per heavy atom. The van der Waals surface area contributed by atoms with Gasteiger partial charge in [0.15, 0.2) is 0 Å². The highest BCUT2D eigenvalue weighted by Crippen LogP contribution is 2.26. The third-order valence-corrected chi connectivity index (χ3v) is 4.57. The van der Waals surface area contributed by atoms with Crippen molar-refractivity contribution >= 4 is 28.7 Å². The van der Waals surface area contributed by atoms with E-state index in [1.165, 1.54) is 11.8 Å². The van der Waals surface area contributed by atoms with Crippen molar-refractivity contribution in [3.05, 3.63) is 0 Å². The third-order valence-electron chi connectivity index (χ3n) is 3.56.